The van der Waals surface area contributed by atoms with Crippen molar-refractivity contribution < 1.29 is 4.42 Å². The lowest BCUT2D eigenvalue weighted by atomic mass is 9.83. The minimum Gasteiger partial charge on any atom is -0.456 e. The molecule has 71 heavy (non-hydrogen) atoms. The molecule has 4 nitrogen and oxygen atoms in total. The second kappa shape index (κ2) is 16.8. The number of aromatic nitrogens is 3. The summed E-state index contributed by atoms with van der Waals surface area (Å²) in [6, 6.07) is 80.0. The maximum absolute atomic E-state index is 6.62. The van der Waals surface area contributed by atoms with E-state index in [2.05, 4.69) is 182 Å². The molecule has 4 heteroatoms. The molecule has 1 aliphatic rings. The number of rotatable bonds is 7. The van der Waals surface area contributed by atoms with E-state index in [1.807, 2.05) is 60.7 Å². The third kappa shape index (κ3) is 7.11. The van der Waals surface area contributed by atoms with Gasteiger partial charge in [-0.2, -0.15) is 0 Å². The average molecular weight is 906 g/mol. The molecule has 1 atom stereocenters. The SMILES string of the molecule is C1=CC(c2cccc(-c3ccc4oc5cc(-c6cccc7c(-c8nc(-c9ccccc9)nc(-c9ccccc9)n8)cccc67)ccc5c4c3)c2)CC(c2ccc3c4ccccc4c4ccccc4c3c2)=C1. The van der Waals surface area contributed by atoms with Crippen LogP contribution in [0.5, 0.6) is 0 Å². The molecule has 2 aromatic heterocycles. The van der Waals surface area contributed by atoms with Crippen molar-refractivity contribution in [2.45, 2.75) is 12.3 Å². The van der Waals surface area contributed by atoms with Gasteiger partial charge in [0, 0.05) is 33.4 Å². The molecule has 0 spiro atoms. The Balaban J connectivity index is 0.772. The van der Waals surface area contributed by atoms with Crippen LogP contribution in [0.15, 0.2) is 247 Å². The number of benzene rings is 11. The van der Waals surface area contributed by atoms with Crippen LogP contribution in [0.4, 0.5) is 0 Å². The van der Waals surface area contributed by atoms with Crippen LogP contribution in [0.2, 0.25) is 0 Å². The molecule has 0 fully saturated rings. The Hall–Kier alpha value is -9.25. The summed E-state index contributed by atoms with van der Waals surface area (Å²) in [5.41, 5.74) is 13.1. The zero-order valence-electron chi connectivity index (χ0n) is 38.6. The molecule has 0 saturated heterocycles. The third-order valence-corrected chi connectivity index (χ3v) is 14.5. The first-order chi connectivity index (χ1) is 35.2. The van der Waals surface area contributed by atoms with Gasteiger partial charge >= 0.3 is 0 Å². The Morgan fingerprint density at radius 2 is 0.845 bits per heavy atom. The lowest BCUT2D eigenvalue weighted by Crippen LogP contribution is -2.01. The minimum atomic E-state index is 0.261. The van der Waals surface area contributed by atoms with Crippen molar-refractivity contribution in [3.63, 3.8) is 0 Å². The summed E-state index contributed by atoms with van der Waals surface area (Å²) < 4.78 is 6.62. The molecule has 2 heterocycles. The van der Waals surface area contributed by atoms with Crippen molar-refractivity contribution in [2.75, 3.05) is 0 Å². The van der Waals surface area contributed by atoms with Crippen LogP contribution >= 0.6 is 0 Å². The van der Waals surface area contributed by atoms with Crippen LogP contribution in [-0.2, 0) is 0 Å². The largest absolute Gasteiger partial charge is 0.456 e. The average Bonchev–Trinajstić information content (AvgIpc) is 3.82. The van der Waals surface area contributed by atoms with Crippen LogP contribution in [0.1, 0.15) is 23.5 Å². The van der Waals surface area contributed by atoms with E-state index in [0.29, 0.717) is 17.5 Å². The molecule has 0 bridgehead atoms. The van der Waals surface area contributed by atoms with E-state index in [1.54, 1.807) is 0 Å². The summed E-state index contributed by atoms with van der Waals surface area (Å²) in [6.45, 7) is 0. The topological polar surface area (TPSA) is 51.8 Å². The molecule has 1 unspecified atom stereocenters. The molecule has 0 radical (unpaired) electrons. The number of fused-ring (bicyclic) bond motifs is 10. The quantitative estimate of drug-likeness (QED) is 0.150. The van der Waals surface area contributed by atoms with Gasteiger partial charge in [-0.25, -0.2) is 15.0 Å². The second-order valence-electron chi connectivity index (χ2n) is 18.6. The predicted molar refractivity (Wildman–Crippen MR) is 295 cm³/mol. The highest BCUT2D eigenvalue weighted by atomic mass is 16.3. The fourth-order valence-corrected chi connectivity index (χ4v) is 11.0. The molecule has 0 saturated carbocycles. The number of nitrogens with zero attached hydrogens (tertiary/aromatic N) is 3. The van der Waals surface area contributed by atoms with Gasteiger partial charge in [-0.1, -0.05) is 212 Å². The molecule has 11 aromatic carbocycles. The first kappa shape index (κ1) is 40.8. The van der Waals surface area contributed by atoms with Crippen LogP contribution in [0.25, 0.3) is 127 Å². The van der Waals surface area contributed by atoms with Gasteiger partial charge in [0.1, 0.15) is 11.2 Å². The van der Waals surface area contributed by atoms with Crippen molar-refractivity contribution >= 4 is 70.6 Å². The number of furan rings is 1. The van der Waals surface area contributed by atoms with Gasteiger partial charge in [0.15, 0.2) is 17.5 Å². The van der Waals surface area contributed by atoms with Crippen LogP contribution < -0.4 is 0 Å². The van der Waals surface area contributed by atoms with Crippen LogP contribution in [0, 0.1) is 0 Å². The van der Waals surface area contributed by atoms with Crippen molar-refractivity contribution in [2.24, 2.45) is 0 Å². The third-order valence-electron chi connectivity index (χ3n) is 14.5. The van der Waals surface area contributed by atoms with Gasteiger partial charge in [-0.05, 0) is 119 Å². The Bertz CT molecular complexity index is 4230. The lowest BCUT2D eigenvalue weighted by Gasteiger charge is -2.21. The zero-order chi connectivity index (χ0) is 46.8. The summed E-state index contributed by atoms with van der Waals surface area (Å²) in [6.07, 6.45) is 7.83. The van der Waals surface area contributed by atoms with Gasteiger partial charge < -0.3 is 4.42 Å². The van der Waals surface area contributed by atoms with Gasteiger partial charge in [-0.3, -0.25) is 0 Å². The maximum Gasteiger partial charge on any atom is 0.164 e. The molecule has 13 aromatic rings. The zero-order valence-corrected chi connectivity index (χ0v) is 38.6. The lowest BCUT2D eigenvalue weighted by molar-refractivity contribution is 0.669. The molecular formula is C67H43N3O. The molecule has 332 valence electrons. The van der Waals surface area contributed by atoms with Crippen LogP contribution in [0.3, 0.4) is 0 Å². The molecule has 14 rings (SSSR count). The highest BCUT2D eigenvalue weighted by Crippen LogP contribution is 2.42. The Labute approximate surface area is 410 Å². The molecular weight excluding hydrogens is 863 g/mol. The summed E-state index contributed by atoms with van der Waals surface area (Å²) >= 11 is 0. The smallest absolute Gasteiger partial charge is 0.164 e. The summed E-state index contributed by atoms with van der Waals surface area (Å²) in [5, 5.41) is 12.2. The van der Waals surface area contributed by atoms with Gasteiger partial charge in [0.2, 0.25) is 0 Å². The van der Waals surface area contributed by atoms with E-state index in [9.17, 15) is 0 Å². The van der Waals surface area contributed by atoms with Crippen LogP contribution in [-0.4, -0.2) is 15.0 Å². The van der Waals surface area contributed by atoms with Gasteiger partial charge in [0.25, 0.3) is 0 Å². The standard InChI is InChI=1S/C67H43N3O/c1-3-15-42(16-4-1)65-68-66(43-17-5-2-6-18-43)70-67(69-65)60-30-14-28-52-51(27-13-29-56(52)60)50-32-35-59-62-40-49(33-36-63(62)71-64(59)41-50)47-22-12-20-45(38-47)44-19-11-21-46(37-44)48-31-34-58-55-25-8-7-23-53(55)54-24-9-10-26-57(54)61(58)39-48/h1-36,38-41,44H,37H2. The summed E-state index contributed by atoms with van der Waals surface area (Å²) in [7, 11) is 0. The first-order valence-electron chi connectivity index (χ1n) is 24.3. The monoisotopic (exact) mass is 905 g/mol. The Morgan fingerprint density at radius 1 is 0.324 bits per heavy atom. The minimum absolute atomic E-state index is 0.261. The van der Waals surface area contributed by atoms with Gasteiger partial charge in [-0.15, -0.1) is 0 Å². The van der Waals surface area contributed by atoms with Gasteiger partial charge in [0.05, 0.1) is 0 Å². The first-order valence-corrected chi connectivity index (χ1v) is 24.3. The second-order valence-corrected chi connectivity index (χ2v) is 18.6. The Morgan fingerprint density at radius 3 is 1.56 bits per heavy atom. The normalized spacial score (nSPS) is 13.7. The highest BCUT2D eigenvalue weighted by Gasteiger charge is 2.20. The van der Waals surface area contributed by atoms with E-state index in [1.165, 1.54) is 60.1 Å². The number of hydrogen-bond acceptors (Lipinski definition) is 4. The summed E-state index contributed by atoms with van der Waals surface area (Å²) in [5.74, 6) is 2.18. The predicted octanol–water partition coefficient (Wildman–Crippen LogP) is 17.8. The molecule has 0 aliphatic heterocycles. The van der Waals surface area contributed by atoms with E-state index in [0.717, 1.165) is 66.9 Å². The fourth-order valence-electron chi connectivity index (χ4n) is 11.0. The maximum atomic E-state index is 6.62. The summed E-state index contributed by atoms with van der Waals surface area (Å²) in [4.78, 5) is 15.1. The molecule has 0 amide bonds. The fraction of sp³-hybridized carbons (Fsp3) is 0.0299. The van der Waals surface area contributed by atoms with Crippen molar-refractivity contribution in [1.29, 1.82) is 0 Å². The highest BCUT2D eigenvalue weighted by molar-refractivity contribution is 6.25. The molecule has 1 aliphatic carbocycles. The number of allylic oxidation sites excluding steroid dienone is 4. The van der Waals surface area contributed by atoms with E-state index in [4.69, 9.17) is 19.4 Å². The Kier molecular flexibility index (Phi) is 9.63. The van der Waals surface area contributed by atoms with Crippen molar-refractivity contribution in [1.82, 2.24) is 15.0 Å². The molecule has 0 N–H and O–H groups in total. The number of hydrogen-bond donors (Lipinski definition) is 0. The van der Waals surface area contributed by atoms with Crippen molar-refractivity contribution in [3.8, 4) is 56.4 Å². The van der Waals surface area contributed by atoms with Crippen molar-refractivity contribution in [3.05, 3.63) is 254 Å². The van der Waals surface area contributed by atoms with E-state index in [-0.39, 0.29) is 5.92 Å². The van der Waals surface area contributed by atoms with E-state index < -0.39 is 0 Å². The van der Waals surface area contributed by atoms with E-state index >= 15 is 0 Å².